The van der Waals surface area contributed by atoms with Crippen LogP contribution in [0.5, 0.6) is 0 Å². The summed E-state index contributed by atoms with van der Waals surface area (Å²) in [5, 5.41) is 22.4. The summed E-state index contributed by atoms with van der Waals surface area (Å²) in [6.45, 7) is 8.27. The molecule has 8 heteroatoms. The standard InChI is InChI=1S/C24H27N3O5/c1-4-25(5-2)13-14-26-21(18-7-6-8-19(15-18)27(31)32)20(23(29)24(26)30)22(28)17-11-9-16(3)10-12-17/h6-12,15,21,28H,4-5,13-14H2,1-3H3/b22-20+. The molecule has 1 aliphatic rings. The number of nitrogens with zero attached hydrogens (tertiary/aromatic N) is 3. The smallest absolute Gasteiger partial charge is 0.295 e. The number of benzene rings is 2. The Morgan fingerprint density at radius 2 is 1.78 bits per heavy atom. The Labute approximate surface area is 186 Å². The lowest BCUT2D eigenvalue weighted by molar-refractivity contribution is -0.384. The monoisotopic (exact) mass is 437 g/mol. The number of carbonyl (C=O) groups is 2. The summed E-state index contributed by atoms with van der Waals surface area (Å²) in [5.74, 6) is -1.80. The minimum absolute atomic E-state index is 0.0566. The van der Waals surface area contributed by atoms with Crippen molar-refractivity contribution >= 4 is 23.1 Å². The van der Waals surface area contributed by atoms with Crippen LogP contribution in [-0.4, -0.2) is 57.7 Å². The summed E-state index contributed by atoms with van der Waals surface area (Å²) < 4.78 is 0. The Morgan fingerprint density at radius 3 is 2.38 bits per heavy atom. The first-order chi connectivity index (χ1) is 15.3. The molecule has 1 N–H and O–H groups in total. The van der Waals surface area contributed by atoms with E-state index in [9.17, 15) is 24.8 Å². The molecule has 0 bridgehead atoms. The molecule has 0 spiro atoms. The summed E-state index contributed by atoms with van der Waals surface area (Å²) >= 11 is 0. The topological polar surface area (TPSA) is 104 Å². The zero-order chi connectivity index (χ0) is 23.4. The van der Waals surface area contributed by atoms with Crippen LogP contribution < -0.4 is 0 Å². The molecule has 1 saturated heterocycles. The van der Waals surface area contributed by atoms with Gasteiger partial charge in [-0.15, -0.1) is 0 Å². The molecule has 32 heavy (non-hydrogen) atoms. The number of aliphatic hydroxyl groups is 1. The van der Waals surface area contributed by atoms with E-state index in [0.29, 0.717) is 17.7 Å². The highest BCUT2D eigenvalue weighted by molar-refractivity contribution is 6.46. The molecule has 0 aromatic heterocycles. The number of nitro groups is 1. The van der Waals surface area contributed by atoms with Crippen LogP contribution in [0.15, 0.2) is 54.1 Å². The van der Waals surface area contributed by atoms with Gasteiger partial charge in [0.25, 0.3) is 17.4 Å². The van der Waals surface area contributed by atoms with Crippen molar-refractivity contribution in [2.75, 3.05) is 26.2 Å². The van der Waals surface area contributed by atoms with Gasteiger partial charge >= 0.3 is 0 Å². The predicted molar refractivity (Wildman–Crippen MR) is 121 cm³/mol. The fourth-order valence-corrected chi connectivity index (χ4v) is 3.92. The molecule has 1 fully saturated rings. The van der Waals surface area contributed by atoms with E-state index in [1.165, 1.54) is 23.1 Å². The molecule has 3 rings (SSSR count). The van der Waals surface area contributed by atoms with E-state index in [-0.39, 0.29) is 23.6 Å². The molecule has 168 valence electrons. The Kier molecular flexibility index (Phi) is 7.05. The first-order valence-corrected chi connectivity index (χ1v) is 10.6. The molecule has 1 aliphatic heterocycles. The average molecular weight is 437 g/mol. The lowest BCUT2D eigenvalue weighted by atomic mass is 9.94. The summed E-state index contributed by atoms with van der Waals surface area (Å²) in [5.41, 5.74) is 1.60. The highest BCUT2D eigenvalue weighted by Crippen LogP contribution is 2.40. The molecule has 2 aromatic carbocycles. The first kappa shape index (κ1) is 23.1. The largest absolute Gasteiger partial charge is 0.507 e. The third-order valence-corrected chi connectivity index (χ3v) is 5.81. The number of aliphatic hydroxyl groups excluding tert-OH is 1. The second kappa shape index (κ2) is 9.74. The summed E-state index contributed by atoms with van der Waals surface area (Å²) in [7, 11) is 0. The molecule has 1 unspecified atom stereocenters. The van der Waals surface area contributed by atoms with Crippen molar-refractivity contribution in [1.29, 1.82) is 0 Å². The van der Waals surface area contributed by atoms with Gasteiger partial charge in [-0.3, -0.25) is 19.7 Å². The fraction of sp³-hybridized carbons (Fsp3) is 0.333. The van der Waals surface area contributed by atoms with Gasteiger partial charge in [0, 0.05) is 30.8 Å². The minimum Gasteiger partial charge on any atom is -0.507 e. The zero-order valence-corrected chi connectivity index (χ0v) is 18.4. The number of ketones is 1. The summed E-state index contributed by atoms with van der Waals surface area (Å²) in [6.07, 6.45) is 0. The van der Waals surface area contributed by atoms with Crippen LogP contribution >= 0.6 is 0 Å². The van der Waals surface area contributed by atoms with Crippen LogP contribution in [-0.2, 0) is 9.59 Å². The predicted octanol–water partition coefficient (Wildman–Crippen LogP) is 3.67. The molecule has 0 radical (unpaired) electrons. The van der Waals surface area contributed by atoms with E-state index >= 15 is 0 Å². The third kappa shape index (κ3) is 4.55. The lowest BCUT2D eigenvalue weighted by Gasteiger charge is -2.28. The van der Waals surface area contributed by atoms with Gasteiger partial charge in [0.2, 0.25) is 0 Å². The fourth-order valence-electron chi connectivity index (χ4n) is 3.92. The number of non-ortho nitro benzene ring substituents is 1. The van der Waals surface area contributed by atoms with Crippen molar-refractivity contribution in [3.05, 3.63) is 80.9 Å². The average Bonchev–Trinajstić information content (AvgIpc) is 3.04. The molecule has 1 amide bonds. The number of nitro benzene ring substituents is 1. The van der Waals surface area contributed by atoms with E-state index < -0.39 is 22.7 Å². The molecule has 1 atom stereocenters. The molecule has 8 nitrogen and oxygen atoms in total. The molecular formula is C24H27N3O5. The van der Waals surface area contributed by atoms with Gasteiger partial charge in [0.05, 0.1) is 16.5 Å². The molecule has 0 saturated carbocycles. The number of Topliss-reactive ketones (excluding diaryl/α,β-unsaturated/α-hetero) is 1. The Morgan fingerprint density at radius 1 is 1.12 bits per heavy atom. The summed E-state index contributed by atoms with van der Waals surface area (Å²) in [4.78, 5) is 40.3. The van der Waals surface area contributed by atoms with Crippen molar-refractivity contribution in [2.24, 2.45) is 0 Å². The second-order valence-corrected chi connectivity index (χ2v) is 7.74. The number of likely N-dealkylation sites (N-methyl/N-ethyl adjacent to an activating group) is 1. The van der Waals surface area contributed by atoms with Gasteiger partial charge in [0.1, 0.15) is 5.76 Å². The Balaban J connectivity index is 2.13. The SMILES string of the molecule is CCN(CC)CCN1C(=O)C(=O)/C(=C(/O)c2ccc(C)cc2)C1c1cccc([N+](=O)[O-])c1. The molecular weight excluding hydrogens is 410 g/mol. The van der Waals surface area contributed by atoms with Crippen LogP contribution in [0.4, 0.5) is 5.69 Å². The van der Waals surface area contributed by atoms with Gasteiger partial charge in [-0.2, -0.15) is 0 Å². The van der Waals surface area contributed by atoms with Crippen LogP contribution in [0.2, 0.25) is 0 Å². The normalized spacial score (nSPS) is 17.9. The van der Waals surface area contributed by atoms with Gasteiger partial charge in [-0.05, 0) is 25.6 Å². The minimum atomic E-state index is -0.910. The van der Waals surface area contributed by atoms with Gasteiger partial charge in [0.15, 0.2) is 0 Å². The number of carbonyl (C=O) groups excluding carboxylic acids is 2. The maximum absolute atomic E-state index is 13.0. The quantitative estimate of drug-likeness (QED) is 0.222. The first-order valence-electron chi connectivity index (χ1n) is 10.6. The van der Waals surface area contributed by atoms with E-state index in [2.05, 4.69) is 4.90 Å². The number of aryl methyl sites for hydroxylation is 1. The van der Waals surface area contributed by atoms with Crippen molar-refractivity contribution < 1.29 is 19.6 Å². The zero-order valence-electron chi connectivity index (χ0n) is 18.4. The Bertz CT molecular complexity index is 1060. The van der Waals surface area contributed by atoms with Gasteiger partial charge < -0.3 is 14.9 Å². The van der Waals surface area contributed by atoms with Crippen LogP contribution in [0, 0.1) is 17.0 Å². The van der Waals surface area contributed by atoms with E-state index in [4.69, 9.17) is 0 Å². The number of hydrogen-bond donors (Lipinski definition) is 1. The maximum Gasteiger partial charge on any atom is 0.295 e. The number of likely N-dealkylation sites (tertiary alicyclic amines) is 1. The molecule has 1 heterocycles. The molecule has 2 aromatic rings. The lowest BCUT2D eigenvalue weighted by Crippen LogP contribution is -2.38. The summed E-state index contributed by atoms with van der Waals surface area (Å²) in [6, 6.07) is 11.9. The maximum atomic E-state index is 13.0. The molecule has 0 aliphatic carbocycles. The van der Waals surface area contributed by atoms with E-state index in [0.717, 1.165) is 18.7 Å². The highest BCUT2D eigenvalue weighted by atomic mass is 16.6. The van der Waals surface area contributed by atoms with Crippen LogP contribution in [0.3, 0.4) is 0 Å². The third-order valence-electron chi connectivity index (χ3n) is 5.81. The van der Waals surface area contributed by atoms with Crippen LogP contribution in [0.25, 0.3) is 5.76 Å². The number of amides is 1. The number of hydrogen-bond acceptors (Lipinski definition) is 6. The highest BCUT2D eigenvalue weighted by Gasteiger charge is 2.46. The van der Waals surface area contributed by atoms with Crippen LogP contribution in [0.1, 0.15) is 36.6 Å². The van der Waals surface area contributed by atoms with Crippen molar-refractivity contribution in [3.63, 3.8) is 0 Å². The Hall–Kier alpha value is -3.52. The van der Waals surface area contributed by atoms with Crippen molar-refractivity contribution in [3.8, 4) is 0 Å². The second-order valence-electron chi connectivity index (χ2n) is 7.74. The van der Waals surface area contributed by atoms with E-state index in [1.807, 2.05) is 20.8 Å². The van der Waals surface area contributed by atoms with Gasteiger partial charge in [-0.1, -0.05) is 55.8 Å². The van der Waals surface area contributed by atoms with Gasteiger partial charge in [-0.25, -0.2) is 0 Å². The number of rotatable bonds is 8. The van der Waals surface area contributed by atoms with E-state index in [1.54, 1.807) is 30.3 Å². The van der Waals surface area contributed by atoms with Crippen molar-refractivity contribution in [1.82, 2.24) is 9.80 Å². The van der Waals surface area contributed by atoms with Crippen molar-refractivity contribution in [2.45, 2.75) is 26.8 Å².